The lowest BCUT2D eigenvalue weighted by Crippen LogP contribution is -2.28. The van der Waals surface area contributed by atoms with Crippen LogP contribution in [0.1, 0.15) is 29.5 Å². The topological polar surface area (TPSA) is 53.8 Å². The highest BCUT2D eigenvalue weighted by Gasteiger charge is 2.26. The van der Waals surface area contributed by atoms with Crippen LogP contribution >= 0.6 is 0 Å². The Kier molecular flexibility index (Phi) is 4.40. The maximum atomic E-state index is 6.58. The molecule has 0 saturated carbocycles. The van der Waals surface area contributed by atoms with E-state index in [9.17, 15) is 0 Å². The predicted octanol–water partition coefficient (Wildman–Crippen LogP) is 6.32. The summed E-state index contributed by atoms with van der Waals surface area (Å²) in [5.41, 5.74) is 15.2. The number of nitrogens with one attached hydrogen (secondary N) is 2. The monoisotopic (exact) mass is 477 g/mol. The lowest BCUT2D eigenvalue weighted by molar-refractivity contribution is 0.808. The molecule has 4 N–H and O–H groups in total. The van der Waals surface area contributed by atoms with Crippen LogP contribution < -0.4 is 21.5 Å². The molecule has 3 heteroatoms. The van der Waals surface area contributed by atoms with Gasteiger partial charge >= 0.3 is 0 Å². The average molecular weight is 478 g/mol. The van der Waals surface area contributed by atoms with E-state index in [1.807, 2.05) is 0 Å². The Hall–Kier alpha value is -4.34. The molecule has 37 heavy (non-hydrogen) atoms. The van der Waals surface area contributed by atoms with Crippen LogP contribution in [0.2, 0.25) is 0 Å². The second-order valence-electron chi connectivity index (χ2n) is 10.5. The summed E-state index contributed by atoms with van der Waals surface area (Å²) in [5.74, 6) is 0.324. The standard InChI is InChI=1S/C34H27N3/c35-31-19-36-34-27(25-10-9-20-5-1-2-6-21(20)13-25)16-26(17-30(31)34)24-11-12-32-28(15-24)29-14-22-7-3-4-8-23(22)18-33(29)37-32/h1-9,11-18,25,31,36-37H,10,19,35H2. The number of aromatic amines is 1. The Bertz CT molecular complexity index is 2000. The molecule has 0 radical (unpaired) electrons. The van der Waals surface area contributed by atoms with Crippen molar-refractivity contribution in [2.75, 3.05) is 11.9 Å². The van der Waals surface area contributed by atoms with Crippen molar-refractivity contribution < 1.29 is 0 Å². The highest BCUT2D eigenvalue weighted by molar-refractivity contribution is 6.12. The minimum Gasteiger partial charge on any atom is -0.383 e. The smallest absolute Gasteiger partial charge is 0.0491 e. The van der Waals surface area contributed by atoms with E-state index < -0.39 is 0 Å². The molecule has 0 spiro atoms. The Morgan fingerprint density at radius 2 is 1.43 bits per heavy atom. The summed E-state index contributed by atoms with van der Waals surface area (Å²) >= 11 is 0. The van der Waals surface area contributed by atoms with Crippen LogP contribution in [-0.4, -0.2) is 11.5 Å². The summed E-state index contributed by atoms with van der Waals surface area (Å²) < 4.78 is 0. The lowest BCUT2D eigenvalue weighted by Gasteiger charge is -2.20. The van der Waals surface area contributed by atoms with Crippen LogP contribution in [0.3, 0.4) is 0 Å². The van der Waals surface area contributed by atoms with Crippen molar-refractivity contribution in [3.05, 3.63) is 113 Å². The fraction of sp³-hybridized carbons (Fsp3) is 0.118. The Labute approximate surface area is 214 Å². The minimum absolute atomic E-state index is 0.0109. The van der Waals surface area contributed by atoms with Gasteiger partial charge in [-0.1, -0.05) is 66.7 Å². The van der Waals surface area contributed by atoms with Gasteiger partial charge in [-0.2, -0.15) is 0 Å². The first-order valence-corrected chi connectivity index (χ1v) is 13.1. The van der Waals surface area contributed by atoms with Gasteiger partial charge in [0.15, 0.2) is 0 Å². The van der Waals surface area contributed by atoms with Crippen molar-refractivity contribution in [2.45, 2.75) is 18.4 Å². The van der Waals surface area contributed by atoms with Crippen molar-refractivity contribution in [1.29, 1.82) is 0 Å². The zero-order valence-corrected chi connectivity index (χ0v) is 20.5. The number of hydrogen-bond acceptors (Lipinski definition) is 2. The molecule has 1 aliphatic carbocycles. The number of anilines is 1. The quantitative estimate of drug-likeness (QED) is 0.274. The van der Waals surface area contributed by atoms with Crippen LogP contribution in [-0.2, 0) is 0 Å². The molecule has 6 aromatic rings. The van der Waals surface area contributed by atoms with Gasteiger partial charge in [-0.25, -0.2) is 0 Å². The van der Waals surface area contributed by atoms with E-state index in [0.717, 1.165) is 13.0 Å². The van der Waals surface area contributed by atoms with Crippen molar-refractivity contribution >= 4 is 50.4 Å². The van der Waals surface area contributed by atoms with Crippen molar-refractivity contribution in [1.82, 2.24) is 4.98 Å². The molecule has 0 amide bonds. The number of aromatic nitrogens is 1. The van der Waals surface area contributed by atoms with E-state index in [1.165, 1.54) is 71.0 Å². The summed E-state index contributed by atoms with van der Waals surface area (Å²) in [5, 5.41) is 11.3. The number of H-pyrrole nitrogens is 1. The highest BCUT2D eigenvalue weighted by atomic mass is 15.0. The minimum atomic E-state index is 0.0109. The zero-order chi connectivity index (χ0) is 24.5. The van der Waals surface area contributed by atoms with E-state index in [2.05, 4.69) is 113 Å². The van der Waals surface area contributed by atoms with Gasteiger partial charge < -0.3 is 16.0 Å². The normalized spacial score (nSPS) is 18.3. The van der Waals surface area contributed by atoms with E-state index in [-0.39, 0.29) is 6.04 Å². The van der Waals surface area contributed by atoms with Gasteiger partial charge in [0.25, 0.3) is 0 Å². The van der Waals surface area contributed by atoms with E-state index in [1.54, 1.807) is 0 Å². The second-order valence-corrected chi connectivity index (χ2v) is 10.5. The Morgan fingerprint density at radius 3 is 2.32 bits per heavy atom. The zero-order valence-electron chi connectivity index (χ0n) is 20.5. The molecule has 5 aromatic carbocycles. The number of benzene rings is 5. The van der Waals surface area contributed by atoms with E-state index >= 15 is 0 Å². The molecule has 2 unspecified atom stereocenters. The first-order chi connectivity index (χ1) is 18.2. The van der Waals surface area contributed by atoms with Gasteiger partial charge in [0, 0.05) is 46.0 Å². The van der Waals surface area contributed by atoms with Gasteiger partial charge in [0.1, 0.15) is 0 Å². The summed E-state index contributed by atoms with van der Waals surface area (Å²) in [4.78, 5) is 3.63. The average Bonchev–Trinajstić information content (AvgIpc) is 3.50. The molecule has 1 aliphatic heterocycles. The van der Waals surface area contributed by atoms with Crippen LogP contribution in [0.5, 0.6) is 0 Å². The molecule has 0 bridgehead atoms. The molecule has 178 valence electrons. The third-order valence-corrected chi connectivity index (χ3v) is 8.26. The molecule has 2 aliphatic rings. The highest BCUT2D eigenvalue weighted by Crippen LogP contribution is 2.42. The van der Waals surface area contributed by atoms with Crippen LogP contribution in [0.4, 0.5) is 5.69 Å². The Morgan fingerprint density at radius 1 is 0.676 bits per heavy atom. The molecular weight excluding hydrogens is 450 g/mol. The van der Waals surface area contributed by atoms with E-state index in [0.29, 0.717) is 5.92 Å². The largest absolute Gasteiger partial charge is 0.383 e. The molecular formula is C34H27N3. The third kappa shape index (κ3) is 3.24. The predicted molar refractivity (Wildman–Crippen MR) is 156 cm³/mol. The van der Waals surface area contributed by atoms with Crippen LogP contribution in [0.15, 0.2) is 91.0 Å². The lowest BCUT2D eigenvalue weighted by atomic mass is 9.85. The molecule has 1 aromatic heterocycles. The molecule has 3 nitrogen and oxygen atoms in total. The third-order valence-electron chi connectivity index (χ3n) is 8.26. The summed E-state index contributed by atoms with van der Waals surface area (Å²) in [6, 6.07) is 33.3. The van der Waals surface area contributed by atoms with Crippen molar-refractivity contribution in [2.24, 2.45) is 5.73 Å². The van der Waals surface area contributed by atoms with Gasteiger partial charge in [-0.05, 0) is 86.3 Å². The first kappa shape index (κ1) is 20.8. The molecule has 0 saturated heterocycles. The SMILES string of the molecule is NC1CNc2c1cc(-c1ccc3[nH]c4cc5ccccc5cc4c3c1)cc2C1C=c2ccccc2=CC1. The number of nitrogens with two attached hydrogens (primary N) is 1. The first-order valence-electron chi connectivity index (χ1n) is 13.1. The number of fused-ring (bicyclic) bond motifs is 6. The van der Waals surface area contributed by atoms with Crippen LogP contribution in [0.25, 0.3) is 55.9 Å². The summed E-state index contributed by atoms with van der Waals surface area (Å²) in [6.45, 7) is 0.785. The molecule has 0 fully saturated rings. The van der Waals surface area contributed by atoms with Crippen molar-refractivity contribution in [3.8, 4) is 11.1 Å². The fourth-order valence-corrected chi connectivity index (χ4v) is 6.34. The van der Waals surface area contributed by atoms with Gasteiger partial charge in [0.2, 0.25) is 0 Å². The van der Waals surface area contributed by atoms with Gasteiger partial charge in [0.05, 0.1) is 0 Å². The molecule has 2 heterocycles. The van der Waals surface area contributed by atoms with Gasteiger partial charge in [-0.15, -0.1) is 0 Å². The number of hydrogen-bond donors (Lipinski definition) is 3. The van der Waals surface area contributed by atoms with Gasteiger partial charge in [-0.3, -0.25) is 0 Å². The maximum Gasteiger partial charge on any atom is 0.0491 e. The number of rotatable bonds is 2. The Balaban J connectivity index is 1.31. The summed E-state index contributed by atoms with van der Waals surface area (Å²) in [7, 11) is 0. The van der Waals surface area contributed by atoms with Crippen molar-refractivity contribution in [3.63, 3.8) is 0 Å². The van der Waals surface area contributed by atoms with Crippen LogP contribution in [0, 0.1) is 0 Å². The molecule has 2 atom stereocenters. The summed E-state index contributed by atoms with van der Waals surface area (Å²) in [6.07, 6.45) is 5.79. The molecule has 8 rings (SSSR count). The second kappa shape index (κ2) is 7.83. The van der Waals surface area contributed by atoms with E-state index in [4.69, 9.17) is 5.73 Å². The maximum absolute atomic E-state index is 6.58. The fourth-order valence-electron chi connectivity index (χ4n) is 6.34.